The van der Waals surface area contributed by atoms with Gasteiger partial charge < -0.3 is 10.2 Å². The Morgan fingerprint density at radius 3 is 2.76 bits per heavy atom. The van der Waals surface area contributed by atoms with E-state index in [2.05, 4.69) is 15.2 Å². The third-order valence-corrected chi connectivity index (χ3v) is 3.13. The zero-order valence-electron chi connectivity index (χ0n) is 10.3. The van der Waals surface area contributed by atoms with Gasteiger partial charge in [-0.25, -0.2) is 0 Å². The molecule has 0 saturated carbocycles. The summed E-state index contributed by atoms with van der Waals surface area (Å²) in [7, 11) is 0. The van der Waals surface area contributed by atoms with Gasteiger partial charge in [0.05, 0.1) is 0 Å². The van der Waals surface area contributed by atoms with Crippen LogP contribution in [0.15, 0.2) is 18.3 Å². The van der Waals surface area contributed by atoms with E-state index in [4.69, 9.17) is 0 Å². The molecule has 0 amide bonds. The first-order valence-electron chi connectivity index (χ1n) is 6.14. The van der Waals surface area contributed by atoms with E-state index < -0.39 is 0 Å². The predicted octanol–water partition coefficient (Wildman–Crippen LogP) is 0.732. The Morgan fingerprint density at radius 1 is 1.41 bits per heavy atom. The highest BCUT2D eigenvalue weighted by Crippen LogP contribution is 2.03. The molecule has 1 saturated heterocycles. The Bertz CT molecular complexity index is 369. The summed E-state index contributed by atoms with van der Waals surface area (Å²) in [6.45, 7) is 7.01. The van der Waals surface area contributed by atoms with Crippen molar-refractivity contribution in [2.24, 2.45) is 0 Å². The van der Waals surface area contributed by atoms with Crippen LogP contribution in [0.2, 0.25) is 0 Å². The van der Waals surface area contributed by atoms with Crippen LogP contribution in [-0.4, -0.2) is 48.4 Å². The number of hydrogen-bond donors (Lipinski definition) is 1. The summed E-state index contributed by atoms with van der Waals surface area (Å²) in [5.74, 6) is 0.0751. The first-order valence-corrected chi connectivity index (χ1v) is 6.14. The quantitative estimate of drug-likeness (QED) is 0.779. The lowest BCUT2D eigenvalue weighted by molar-refractivity contribution is 0.101. The summed E-state index contributed by atoms with van der Waals surface area (Å²) in [5.41, 5.74) is 1.75. The monoisotopic (exact) mass is 233 g/mol. The van der Waals surface area contributed by atoms with E-state index >= 15 is 0 Å². The number of nitrogens with one attached hydrogen (secondary N) is 1. The van der Waals surface area contributed by atoms with Crippen LogP contribution in [0.5, 0.6) is 0 Å². The van der Waals surface area contributed by atoms with Gasteiger partial charge in [0.25, 0.3) is 0 Å². The fourth-order valence-electron chi connectivity index (χ4n) is 1.99. The molecular weight excluding hydrogens is 214 g/mol. The fourth-order valence-corrected chi connectivity index (χ4v) is 1.99. The Morgan fingerprint density at radius 2 is 2.18 bits per heavy atom. The molecule has 92 valence electrons. The number of pyridine rings is 1. The van der Waals surface area contributed by atoms with E-state index in [0.29, 0.717) is 5.56 Å². The molecule has 4 heteroatoms. The Balaban J connectivity index is 1.84. The highest BCUT2D eigenvalue weighted by molar-refractivity contribution is 5.93. The van der Waals surface area contributed by atoms with Crippen LogP contribution in [-0.2, 0) is 6.42 Å². The molecule has 0 atom stereocenters. The van der Waals surface area contributed by atoms with E-state index in [1.165, 1.54) is 0 Å². The number of piperazine rings is 1. The Labute approximate surface area is 102 Å². The molecule has 1 aliphatic heterocycles. The van der Waals surface area contributed by atoms with Gasteiger partial charge in [-0.1, -0.05) is 0 Å². The van der Waals surface area contributed by atoms with E-state index in [1.54, 1.807) is 13.1 Å². The summed E-state index contributed by atoms with van der Waals surface area (Å²) in [6, 6.07) is 3.82. The Kier molecular flexibility index (Phi) is 4.23. The zero-order chi connectivity index (χ0) is 12.1. The summed E-state index contributed by atoms with van der Waals surface area (Å²) >= 11 is 0. The lowest BCUT2D eigenvalue weighted by Gasteiger charge is -2.26. The molecule has 0 radical (unpaired) electrons. The van der Waals surface area contributed by atoms with Crippen molar-refractivity contribution in [3.63, 3.8) is 0 Å². The molecule has 2 heterocycles. The van der Waals surface area contributed by atoms with Gasteiger partial charge in [0.2, 0.25) is 0 Å². The van der Waals surface area contributed by atoms with Crippen molar-refractivity contribution in [2.75, 3.05) is 32.7 Å². The number of nitrogens with zero attached hydrogens (tertiary/aromatic N) is 2. The second-order valence-electron chi connectivity index (χ2n) is 4.44. The smallest absolute Gasteiger partial charge is 0.161 e. The minimum absolute atomic E-state index is 0.0751. The largest absolute Gasteiger partial charge is 0.314 e. The number of carbonyl (C=O) groups excluding carboxylic acids is 1. The van der Waals surface area contributed by atoms with Crippen molar-refractivity contribution in [3.8, 4) is 0 Å². The molecule has 1 fully saturated rings. The molecule has 1 aliphatic rings. The molecule has 1 N–H and O–H groups in total. The van der Waals surface area contributed by atoms with Crippen molar-refractivity contribution in [1.82, 2.24) is 15.2 Å². The maximum Gasteiger partial charge on any atom is 0.161 e. The van der Waals surface area contributed by atoms with Gasteiger partial charge in [0.1, 0.15) is 0 Å². The van der Waals surface area contributed by atoms with Crippen molar-refractivity contribution in [3.05, 3.63) is 29.6 Å². The molecule has 4 nitrogen and oxygen atoms in total. The highest BCUT2D eigenvalue weighted by atomic mass is 16.1. The van der Waals surface area contributed by atoms with Crippen LogP contribution in [0.4, 0.5) is 0 Å². The van der Waals surface area contributed by atoms with Crippen LogP contribution in [0.1, 0.15) is 23.0 Å². The van der Waals surface area contributed by atoms with Crippen molar-refractivity contribution < 1.29 is 4.79 Å². The number of carbonyl (C=O) groups is 1. The average Bonchev–Trinajstić information content (AvgIpc) is 2.38. The van der Waals surface area contributed by atoms with Gasteiger partial charge in [-0.2, -0.15) is 0 Å². The number of Topliss-reactive ketones (excluding diaryl/α,β-unsaturated/α-hetero) is 1. The van der Waals surface area contributed by atoms with Crippen LogP contribution < -0.4 is 5.32 Å². The molecule has 0 bridgehead atoms. The van der Waals surface area contributed by atoms with E-state index in [0.717, 1.165) is 44.8 Å². The number of aromatic nitrogens is 1. The number of ketones is 1. The summed E-state index contributed by atoms with van der Waals surface area (Å²) in [4.78, 5) is 17.9. The first-order chi connectivity index (χ1) is 8.25. The molecule has 2 rings (SSSR count). The molecule has 17 heavy (non-hydrogen) atoms. The lowest BCUT2D eigenvalue weighted by atomic mass is 10.1. The van der Waals surface area contributed by atoms with Gasteiger partial charge in [0.15, 0.2) is 5.78 Å². The van der Waals surface area contributed by atoms with Gasteiger partial charge in [0, 0.05) is 56.6 Å². The molecule has 1 aromatic heterocycles. The van der Waals surface area contributed by atoms with Crippen LogP contribution in [0, 0.1) is 0 Å². The van der Waals surface area contributed by atoms with Crippen LogP contribution in [0.3, 0.4) is 0 Å². The van der Waals surface area contributed by atoms with Crippen molar-refractivity contribution in [1.29, 1.82) is 0 Å². The maximum absolute atomic E-state index is 11.1. The summed E-state index contributed by atoms with van der Waals surface area (Å²) in [5, 5.41) is 3.34. The maximum atomic E-state index is 11.1. The highest BCUT2D eigenvalue weighted by Gasteiger charge is 2.09. The number of hydrogen-bond acceptors (Lipinski definition) is 4. The zero-order valence-corrected chi connectivity index (χ0v) is 10.3. The molecule has 1 aromatic rings. The molecule has 0 spiro atoms. The fraction of sp³-hybridized carbons (Fsp3) is 0.538. The van der Waals surface area contributed by atoms with Gasteiger partial charge in [-0.15, -0.1) is 0 Å². The summed E-state index contributed by atoms with van der Waals surface area (Å²) in [6.07, 6.45) is 2.63. The van der Waals surface area contributed by atoms with E-state index in [-0.39, 0.29) is 5.78 Å². The SMILES string of the molecule is CC(=O)c1ccc(CCN2CCNCC2)nc1. The van der Waals surface area contributed by atoms with Crippen LogP contribution in [0.25, 0.3) is 0 Å². The normalized spacial score (nSPS) is 17.0. The molecule has 0 aromatic carbocycles. The number of rotatable bonds is 4. The third kappa shape index (κ3) is 3.61. The lowest BCUT2D eigenvalue weighted by Crippen LogP contribution is -2.44. The molecule has 0 unspecified atom stereocenters. The van der Waals surface area contributed by atoms with Gasteiger partial charge in [-0.05, 0) is 19.1 Å². The van der Waals surface area contributed by atoms with Gasteiger partial charge >= 0.3 is 0 Å². The molecule has 0 aliphatic carbocycles. The van der Waals surface area contributed by atoms with Crippen molar-refractivity contribution >= 4 is 5.78 Å². The topological polar surface area (TPSA) is 45.2 Å². The summed E-state index contributed by atoms with van der Waals surface area (Å²) < 4.78 is 0. The second-order valence-corrected chi connectivity index (χ2v) is 4.44. The van der Waals surface area contributed by atoms with Crippen molar-refractivity contribution in [2.45, 2.75) is 13.3 Å². The third-order valence-electron chi connectivity index (χ3n) is 3.13. The average molecular weight is 233 g/mol. The van der Waals surface area contributed by atoms with Crippen LogP contribution >= 0.6 is 0 Å². The Hall–Kier alpha value is -1.26. The van der Waals surface area contributed by atoms with E-state index in [1.807, 2.05) is 12.1 Å². The first kappa shape index (κ1) is 12.2. The molecular formula is C13H19N3O. The van der Waals surface area contributed by atoms with Gasteiger partial charge in [-0.3, -0.25) is 9.78 Å². The van der Waals surface area contributed by atoms with E-state index in [9.17, 15) is 4.79 Å². The standard InChI is InChI=1S/C13H19N3O/c1-11(17)12-2-3-13(15-10-12)4-7-16-8-5-14-6-9-16/h2-3,10,14H,4-9H2,1H3. The minimum Gasteiger partial charge on any atom is -0.314 e. The predicted molar refractivity (Wildman–Crippen MR) is 67.3 cm³/mol. The second kappa shape index (κ2) is 5.89. The minimum atomic E-state index is 0.0751.